The molecule has 0 atom stereocenters. The molecule has 0 fully saturated rings. The average molecular weight is 181 g/mol. The zero-order chi connectivity index (χ0) is 9.78. The van der Waals surface area contributed by atoms with Crippen molar-refractivity contribution in [3.8, 4) is 11.5 Å². The highest BCUT2D eigenvalue weighted by Gasteiger charge is 2.07. The molecule has 0 rings (SSSR count). The fourth-order valence-electron chi connectivity index (χ4n) is 0.507. The van der Waals surface area contributed by atoms with Crippen LogP contribution < -0.4 is 5.32 Å². The summed E-state index contributed by atoms with van der Waals surface area (Å²) in [5, 5.41) is 2.53. The molecule has 0 heterocycles. The van der Waals surface area contributed by atoms with E-state index in [-0.39, 0.29) is 5.91 Å². The lowest BCUT2D eigenvalue weighted by Gasteiger charge is -2.04. The van der Waals surface area contributed by atoms with E-state index in [9.17, 15) is 4.79 Å². The van der Waals surface area contributed by atoms with Gasteiger partial charge in [0, 0.05) is 6.92 Å². The fourth-order valence-corrected chi connectivity index (χ4v) is 1.03. The van der Waals surface area contributed by atoms with Gasteiger partial charge < -0.3 is 5.32 Å². The summed E-state index contributed by atoms with van der Waals surface area (Å²) >= 11 is 0. The Bertz CT molecular complexity index is 252. The number of carbonyl (C=O) groups is 1. The minimum atomic E-state index is -1.34. The van der Waals surface area contributed by atoms with Gasteiger partial charge in [-0.3, -0.25) is 4.79 Å². The molecule has 3 heteroatoms. The maximum Gasteiger partial charge on any atom is 0.221 e. The van der Waals surface area contributed by atoms with Crippen LogP contribution in [-0.4, -0.2) is 14.0 Å². The molecular weight excluding hydrogens is 166 g/mol. The predicted octanol–water partition coefficient (Wildman–Crippen LogP) is 1.52. The van der Waals surface area contributed by atoms with Crippen molar-refractivity contribution < 1.29 is 4.79 Å². The molecule has 66 valence electrons. The van der Waals surface area contributed by atoms with E-state index < -0.39 is 8.07 Å². The quantitative estimate of drug-likeness (QED) is 0.482. The Balaban J connectivity index is 4.15. The van der Waals surface area contributed by atoms with Crippen molar-refractivity contribution in [3.05, 3.63) is 12.3 Å². The molecule has 0 radical (unpaired) electrons. The van der Waals surface area contributed by atoms with Gasteiger partial charge in [-0.05, 0) is 0 Å². The number of carbonyl (C=O) groups excluding carboxylic acids is 1. The summed E-state index contributed by atoms with van der Waals surface area (Å²) in [6, 6.07) is 0. The van der Waals surface area contributed by atoms with E-state index in [0.717, 1.165) is 0 Å². The van der Waals surface area contributed by atoms with Gasteiger partial charge in [-0.2, -0.15) is 0 Å². The molecule has 1 amide bonds. The minimum absolute atomic E-state index is 0.120. The minimum Gasteiger partial charge on any atom is -0.320 e. The van der Waals surface area contributed by atoms with Crippen molar-refractivity contribution in [2.75, 3.05) is 0 Å². The Morgan fingerprint density at radius 3 is 2.25 bits per heavy atom. The van der Waals surface area contributed by atoms with Gasteiger partial charge in [0.05, 0.1) is 5.70 Å². The third-order valence-electron chi connectivity index (χ3n) is 0.915. The summed E-state index contributed by atoms with van der Waals surface area (Å²) < 4.78 is 0. The Labute approximate surface area is 75.1 Å². The van der Waals surface area contributed by atoms with Crippen LogP contribution in [0.15, 0.2) is 12.3 Å². The van der Waals surface area contributed by atoms with Gasteiger partial charge in [0.25, 0.3) is 0 Å². The van der Waals surface area contributed by atoms with Crippen LogP contribution in [0.4, 0.5) is 0 Å². The Morgan fingerprint density at radius 1 is 1.42 bits per heavy atom. The fraction of sp³-hybridized carbons (Fsp3) is 0.444. The van der Waals surface area contributed by atoms with E-state index in [1.165, 1.54) is 6.92 Å². The first-order valence-electron chi connectivity index (χ1n) is 3.81. The molecule has 2 nitrogen and oxygen atoms in total. The van der Waals surface area contributed by atoms with E-state index in [4.69, 9.17) is 0 Å². The molecule has 0 aliphatic heterocycles. The number of allylic oxidation sites excluding steroid dienone is 1. The molecule has 0 spiro atoms. The highest BCUT2D eigenvalue weighted by atomic mass is 28.3. The van der Waals surface area contributed by atoms with Gasteiger partial charge in [-0.15, -0.1) is 5.54 Å². The van der Waals surface area contributed by atoms with Crippen LogP contribution in [0, 0.1) is 11.5 Å². The highest BCUT2D eigenvalue weighted by Crippen LogP contribution is 1.96. The van der Waals surface area contributed by atoms with Crippen LogP contribution in [0.25, 0.3) is 0 Å². The second-order valence-electron chi connectivity index (χ2n) is 3.66. The van der Waals surface area contributed by atoms with Crippen molar-refractivity contribution in [2.45, 2.75) is 26.6 Å². The standard InChI is InChI=1S/C9H15NOSi/c1-8(10-9(2)11)6-7-12(3,4)5/h1H2,2-5H3,(H,10,11). The average Bonchev–Trinajstić information content (AvgIpc) is 1.80. The first-order chi connectivity index (χ1) is 5.31. The van der Waals surface area contributed by atoms with E-state index in [1.54, 1.807) is 0 Å². The monoisotopic (exact) mass is 181 g/mol. The van der Waals surface area contributed by atoms with Crippen LogP contribution in [-0.2, 0) is 4.79 Å². The summed E-state index contributed by atoms with van der Waals surface area (Å²) in [6.45, 7) is 11.5. The summed E-state index contributed by atoms with van der Waals surface area (Å²) in [5.41, 5.74) is 3.59. The molecule has 1 N–H and O–H groups in total. The zero-order valence-corrected chi connectivity index (χ0v) is 9.12. The van der Waals surface area contributed by atoms with Gasteiger partial charge in [0.1, 0.15) is 8.07 Å². The van der Waals surface area contributed by atoms with Gasteiger partial charge in [0.15, 0.2) is 0 Å². The smallest absolute Gasteiger partial charge is 0.221 e. The summed E-state index contributed by atoms with van der Waals surface area (Å²) in [7, 11) is -1.34. The van der Waals surface area contributed by atoms with Crippen LogP contribution in [0.1, 0.15) is 6.92 Å². The van der Waals surface area contributed by atoms with Crippen molar-refractivity contribution >= 4 is 14.0 Å². The molecule has 0 bridgehead atoms. The van der Waals surface area contributed by atoms with Crippen LogP contribution >= 0.6 is 0 Å². The molecule has 0 unspecified atom stereocenters. The molecule has 12 heavy (non-hydrogen) atoms. The lowest BCUT2D eigenvalue weighted by atomic mass is 10.5. The van der Waals surface area contributed by atoms with Gasteiger partial charge >= 0.3 is 0 Å². The second kappa shape index (κ2) is 4.12. The lowest BCUT2D eigenvalue weighted by Crippen LogP contribution is -2.20. The molecule has 0 aliphatic carbocycles. The topological polar surface area (TPSA) is 29.1 Å². The molecule has 0 saturated carbocycles. The SMILES string of the molecule is C=C(C#C[Si](C)(C)C)NC(C)=O. The first kappa shape index (κ1) is 11.0. The second-order valence-corrected chi connectivity index (χ2v) is 8.41. The predicted molar refractivity (Wildman–Crippen MR) is 54.1 cm³/mol. The van der Waals surface area contributed by atoms with Gasteiger partial charge in [-0.1, -0.05) is 32.1 Å². The Hall–Kier alpha value is -1.01. The third-order valence-corrected chi connectivity index (χ3v) is 1.79. The largest absolute Gasteiger partial charge is 0.320 e. The van der Waals surface area contributed by atoms with Crippen LogP contribution in [0.2, 0.25) is 19.6 Å². The van der Waals surface area contributed by atoms with E-state index in [2.05, 4.69) is 43.0 Å². The lowest BCUT2D eigenvalue weighted by molar-refractivity contribution is -0.118. The number of nitrogens with one attached hydrogen (secondary N) is 1. The highest BCUT2D eigenvalue weighted by molar-refractivity contribution is 6.83. The van der Waals surface area contributed by atoms with Crippen molar-refractivity contribution in [2.24, 2.45) is 0 Å². The van der Waals surface area contributed by atoms with Gasteiger partial charge in [-0.25, -0.2) is 0 Å². The number of amides is 1. The van der Waals surface area contributed by atoms with Crippen molar-refractivity contribution in [3.63, 3.8) is 0 Å². The van der Waals surface area contributed by atoms with Crippen molar-refractivity contribution in [1.82, 2.24) is 5.32 Å². The van der Waals surface area contributed by atoms with E-state index >= 15 is 0 Å². The molecule has 0 aromatic heterocycles. The van der Waals surface area contributed by atoms with Crippen LogP contribution in [0.3, 0.4) is 0 Å². The van der Waals surface area contributed by atoms with E-state index in [0.29, 0.717) is 5.70 Å². The maximum atomic E-state index is 10.6. The van der Waals surface area contributed by atoms with E-state index in [1.807, 2.05) is 0 Å². The Kier molecular flexibility index (Phi) is 3.77. The normalized spacial score (nSPS) is 9.67. The van der Waals surface area contributed by atoms with Crippen LogP contribution in [0.5, 0.6) is 0 Å². The molecule has 0 saturated heterocycles. The number of hydrogen-bond donors (Lipinski definition) is 1. The molecule has 0 aromatic rings. The van der Waals surface area contributed by atoms with Gasteiger partial charge in [0.2, 0.25) is 5.91 Å². The molecule has 0 aromatic carbocycles. The summed E-state index contributed by atoms with van der Waals surface area (Å²) in [6.07, 6.45) is 0. The zero-order valence-electron chi connectivity index (χ0n) is 8.12. The first-order valence-corrected chi connectivity index (χ1v) is 7.31. The van der Waals surface area contributed by atoms with Crippen molar-refractivity contribution in [1.29, 1.82) is 0 Å². The molecular formula is C9H15NOSi. The maximum absolute atomic E-state index is 10.6. The summed E-state index contributed by atoms with van der Waals surface area (Å²) in [5.74, 6) is 2.72. The third kappa shape index (κ3) is 7.10. The Morgan fingerprint density at radius 2 is 1.92 bits per heavy atom. The number of rotatable bonds is 1. The molecule has 0 aliphatic rings. The number of hydrogen-bond acceptors (Lipinski definition) is 1. The summed E-state index contributed by atoms with van der Waals surface area (Å²) in [4.78, 5) is 10.6.